The molecule has 0 heterocycles. The van der Waals surface area contributed by atoms with Gasteiger partial charge in [-0.2, -0.15) is 0 Å². The topological polar surface area (TPSA) is 72.2 Å². The number of aryl methyl sites for hydroxylation is 1. The van der Waals surface area contributed by atoms with Crippen molar-refractivity contribution in [1.29, 1.82) is 0 Å². The average molecular weight is 369 g/mol. The number of nitrogens with one attached hydrogen (secondary N) is 1. The number of anilines is 1. The third kappa shape index (κ3) is 4.06. The predicted octanol–water partition coefficient (Wildman–Crippen LogP) is 2.86. The second-order valence-corrected chi connectivity index (χ2v) is 7.35. The van der Waals surface area contributed by atoms with Gasteiger partial charge in [-0.05, 0) is 58.6 Å². The summed E-state index contributed by atoms with van der Waals surface area (Å²) in [5, 5.41) is 0. The monoisotopic (exact) mass is 368 g/mol. The molecule has 112 valence electrons. The van der Waals surface area contributed by atoms with Crippen molar-refractivity contribution in [3.05, 3.63) is 58.1 Å². The normalized spacial score (nSPS) is 11.5. The highest BCUT2D eigenvalue weighted by molar-refractivity contribution is 9.10. The Kier molecular flexibility index (Phi) is 5.03. The Morgan fingerprint density at radius 2 is 1.90 bits per heavy atom. The van der Waals surface area contributed by atoms with E-state index in [0.717, 1.165) is 11.1 Å². The molecular weight excluding hydrogens is 352 g/mol. The van der Waals surface area contributed by atoms with Crippen LogP contribution in [0.15, 0.2) is 51.8 Å². The molecule has 0 bridgehead atoms. The highest BCUT2D eigenvalue weighted by Gasteiger charge is 2.17. The maximum Gasteiger partial charge on any atom is 0.241 e. The van der Waals surface area contributed by atoms with Gasteiger partial charge >= 0.3 is 0 Å². The van der Waals surface area contributed by atoms with E-state index in [1.54, 1.807) is 12.1 Å². The Balaban J connectivity index is 2.08. The highest BCUT2D eigenvalue weighted by atomic mass is 79.9. The molecular formula is C15H17BrN2O2S. The van der Waals surface area contributed by atoms with E-state index in [4.69, 9.17) is 5.73 Å². The van der Waals surface area contributed by atoms with E-state index in [9.17, 15) is 8.42 Å². The maximum absolute atomic E-state index is 12.3. The summed E-state index contributed by atoms with van der Waals surface area (Å²) in [6.45, 7) is 2.35. The van der Waals surface area contributed by atoms with Crippen LogP contribution in [0.5, 0.6) is 0 Å². The molecule has 0 amide bonds. The number of benzene rings is 2. The lowest BCUT2D eigenvalue weighted by atomic mass is 10.1. The van der Waals surface area contributed by atoms with Crippen LogP contribution >= 0.6 is 15.9 Å². The lowest BCUT2D eigenvalue weighted by molar-refractivity contribution is 0.581. The summed E-state index contributed by atoms with van der Waals surface area (Å²) in [4.78, 5) is 0.160. The summed E-state index contributed by atoms with van der Waals surface area (Å²) in [6, 6.07) is 12.7. The molecule has 0 saturated carbocycles. The number of rotatable bonds is 5. The fourth-order valence-electron chi connectivity index (χ4n) is 2.01. The smallest absolute Gasteiger partial charge is 0.241 e. The van der Waals surface area contributed by atoms with E-state index in [-0.39, 0.29) is 4.90 Å². The molecule has 0 aliphatic rings. The summed E-state index contributed by atoms with van der Waals surface area (Å²) < 4.78 is 27.7. The van der Waals surface area contributed by atoms with Crippen molar-refractivity contribution in [1.82, 2.24) is 4.72 Å². The average Bonchev–Trinajstić information content (AvgIpc) is 2.43. The van der Waals surface area contributed by atoms with Gasteiger partial charge in [-0.3, -0.25) is 0 Å². The SMILES string of the molecule is Cc1ccccc1CCNS(=O)(=O)c1cc(N)ccc1Br. The van der Waals surface area contributed by atoms with Crippen LogP contribution in [0.4, 0.5) is 5.69 Å². The molecule has 2 aromatic rings. The fraction of sp³-hybridized carbons (Fsp3) is 0.200. The number of sulfonamides is 1. The van der Waals surface area contributed by atoms with Crippen molar-refractivity contribution in [2.75, 3.05) is 12.3 Å². The van der Waals surface area contributed by atoms with Crippen LogP contribution in [-0.2, 0) is 16.4 Å². The molecule has 0 unspecified atom stereocenters. The van der Waals surface area contributed by atoms with Gasteiger partial charge < -0.3 is 5.73 Å². The zero-order valence-electron chi connectivity index (χ0n) is 11.6. The third-order valence-electron chi connectivity index (χ3n) is 3.19. The van der Waals surface area contributed by atoms with Gasteiger partial charge in [0.15, 0.2) is 0 Å². The standard InChI is InChI=1S/C15H17BrN2O2S/c1-11-4-2-3-5-12(11)8-9-18-21(19,20)15-10-13(17)6-7-14(15)16/h2-7,10,18H,8-9,17H2,1H3. The maximum atomic E-state index is 12.3. The molecule has 0 atom stereocenters. The molecule has 0 aromatic heterocycles. The molecule has 0 saturated heterocycles. The number of halogens is 1. The van der Waals surface area contributed by atoms with Crippen molar-refractivity contribution in [2.24, 2.45) is 0 Å². The summed E-state index contributed by atoms with van der Waals surface area (Å²) in [7, 11) is -3.57. The van der Waals surface area contributed by atoms with Crippen LogP contribution in [0.1, 0.15) is 11.1 Å². The van der Waals surface area contributed by atoms with Crippen LogP contribution in [0.2, 0.25) is 0 Å². The molecule has 0 fully saturated rings. The van der Waals surface area contributed by atoms with Crippen LogP contribution in [0.25, 0.3) is 0 Å². The Morgan fingerprint density at radius 3 is 2.62 bits per heavy atom. The molecule has 6 heteroatoms. The van der Waals surface area contributed by atoms with Crippen LogP contribution in [0, 0.1) is 6.92 Å². The van der Waals surface area contributed by atoms with Crippen molar-refractivity contribution in [3.63, 3.8) is 0 Å². The van der Waals surface area contributed by atoms with E-state index >= 15 is 0 Å². The first-order chi connectivity index (χ1) is 9.90. The Labute approximate surface area is 133 Å². The quantitative estimate of drug-likeness (QED) is 0.796. The molecule has 2 rings (SSSR count). The third-order valence-corrected chi connectivity index (χ3v) is 5.65. The van der Waals surface area contributed by atoms with Crippen molar-refractivity contribution in [3.8, 4) is 0 Å². The minimum atomic E-state index is -3.57. The van der Waals surface area contributed by atoms with Crippen molar-refractivity contribution in [2.45, 2.75) is 18.2 Å². The Bertz CT molecular complexity index is 745. The van der Waals surface area contributed by atoms with Crippen LogP contribution in [0.3, 0.4) is 0 Å². The minimum Gasteiger partial charge on any atom is -0.399 e. The number of hydrogen-bond acceptors (Lipinski definition) is 3. The van der Waals surface area contributed by atoms with Gasteiger partial charge in [-0.15, -0.1) is 0 Å². The van der Waals surface area contributed by atoms with E-state index in [0.29, 0.717) is 23.1 Å². The molecule has 2 aromatic carbocycles. The summed E-state index contributed by atoms with van der Waals surface area (Å²) in [5.74, 6) is 0. The number of nitrogens with two attached hydrogens (primary N) is 1. The second-order valence-electron chi connectivity index (χ2n) is 4.76. The first-order valence-electron chi connectivity index (χ1n) is 6.49. The van der Waals surface area contributed by atoms with E-state index in [1.165, 1.54) is 6.07 Å². The molecule has 0 aliphatic carbocycles. The van der Waals surface area contributed by atoms with Crippen LogP contribution in [-0.4, -0.2) is 15.0 Å². The predicted molar refractivity (Wildman–Crippen MR) is 88.6 cm³/mol. The second kappa shape index (κ2) is 6.60. The van der Waals surface area contributed by atoms with Gasteiger partial charge in [0, 0.05) is 16.7 Å². The van der Waals surface area contributed by atoms with Gasteiger partial charge in [0.1, 0.15) is 0 Å². The lowest BCUT2D eigenvalue weighted by Crippen LogP contribution is -2.26. The van der Waals surface area contributed by atoms with Gasteiger partial charge in [-0.25, -0.2) is 13.1 Å². The summed E-state index contributed by atoms with van der Waals surface area (Å²) in [6.07, 6.45) is 0.645. The molecule has 21 heavy (non-hydrogen) atoms. The van der Waals surface area contributed by atoms with Gasteiger partial charge in [0.2, 0.25) is 10.0 Å². The highest BCUT2D eigenvalue weighted by Crippen LogP contribution is 2.24. The first kappa shape index (κ1) is 16.0. The van der Waals surface area contributed by atoms with E-state index in [2.05, 4.69) is 20.7 Å². The van der Waals surface area contributed by atoms with E-state index < -0.39 is 10.0 Å². The molecule has 3 N–H and O–H groups in total. The van der Waals surface area contributed by atoms with Gasteiger partial charge in [0.25, 0.3) is 0 Å². The van der Waals surface area contributed by atoms with Gasteiger partial charge in [0.05, 0.1) is 4.90 Å². The largest absolute Gasteiger partial charge is 0.399 e. The number of hydrogen-bond donors (Lipinski definition) is 2. The van der Waals surface area contributed by atoms with Crippen molar-refractivity contribution >= 4 is 31.6 Å². The van der Waals surface area contributed by atoms with Crippen LogP contribution < -0.4 is 10.5 Å². The zero-order valence-corrected chi connectivity index (χ0v) is 14.0. The molecule has 0 spiro atoms. The first-order valence-corrected chi connectivity index (χ1v) is 8.77. The molecule has 4 nitrogen and oxygen atoms in total. The Morgan fingerprint density at radius 1 is 1.19 bits per heavy atom. The zero-order chi connectivity index (χ0) is 15.5. The van der Waals surface area contributed by atoms with E-state index in [1.807, 2.05) is 31.2 Å². The number of nitrogen functional groups attached to an aromatic ring is 1. The molecule has 0 radical (unpaired) electrons. The minimum absolute atomic E-state index is 0.160. The lowest BCUT2D eigenvalue weighted by Gasteiger charge is -2.10. The van der Waals surface area contributed by atoms with Crippen molar-refractivity contribution < 1.29 is 8.42 Å². The molecule has 0 aliphatic heterocycles. The fourth-order valence-corrected chi connectivity index (χ4v) is 4.04. The summed E-state index contributed by atoms with van der Waals surface area (Å²) in [5.41, 5.74) is 8.35. The Hall–Kier alpha value is -1.37. The van der Waals surface area contributed by atoms with Gasteiger partial charge in [-0.1, -0.05) is 24.3 Å². The summed E-state index contributed by atoms with van der Waals surface area (Å²) >= 11 is 3.24.